The van der Waals surface area contributed by atoms with Gasteiger partial charge in [-0.25, -0.2) is 0 Å². The summed E-state index contributed by atoms with van der Waals surface area (Å²) in [6, 6.07) is 5.97. The van der Waals surface area contributed by atoms with Crippen LogP contribution in [0.3, 0.4) is 0 Å². The summed E-state index contributed by atoms with van der Waals surface area (Å²) in [5.74, 6) is 0.102. The van der Waals surface area contributed by atoms with Crippen LogP contribution in [0.1, 0.15) is 23.2 Å². The van der Waals surface area contributed by atoms with Gasteiger partial charge in [0.05, 0.1) is 19.1 Å². The predicted molar refractivity (Wildman–Crippen MR) is 66.2 cm³/mol. The van der Waals surface area contributed by atoms with Gasteiger partial charge in [0.2, 0.25) is 5.91 Å². The highest BCUT2D eigenvalue weighted by Gasteiger charge is 2.17. The molecule has 0 bridgehead atoms. The number of amides is 2. The fraction of sp³-hybridized carbons (Fsp3) is 0.231. The van der Waals surface area contributed by atoms with E-state index < -0.39 is 11.9 Å². The highest BCUT2D eigenvalue weighted by molar-refractivity contribution is 5.95. The lowest BCUT2D eigenvalue weighted by Gasteiger charge is -2.12. The molecule has 0 saturated heterocycles. The Hall–Kier alpha value is -2.50. The molecule has 0 aliphatic heterocycles. The van der Waals surface area contributed by atoms with E-state index in [2.05, 4.69) is 10.6 Å². The molecule has 19 heavy (non-hydrogen) atoms. The molecule has 6 nitrogen and oxygen atoms in total. The molecule has 1 unspecified atom stereocenters. The maximum absolute atomic E-state index is 11.7. The lowest BCUT2D eigenvalue weighted by molar-refractivity contribution is -0.122. The first kappa shape index (κ1) is 12.9. The minimum absolute atomic E-state index is 0.172. The normalized spacial score (nSPS) is 11.8. The van der Waals surface area contributed by atoms with Crippen LogP contribution in [0.2, 0.25) is 0 Å². The summed E-state index contributed by atoms with van der Waals surface area (Å²) < 4.78 is 10.0. The number of nitrogens with one attached hydrogen (secondary N) is 2. The van der Waals surface area contributed by atoms with Crippen molar-refractivity contribution in [2.75, 3.05) is 0 Å². The van der Waals surface area contributed by atoms with Crippen LogP contribution in [0, 0.1) is 0 Å². The van der Waals surface area contributed by atoms with Crippen molar-refractivity contribution in [2.45, 2.75) is 19.5 Å². The van der Waals surface area contributed by atoms with Crippen LogP contribution in [-0.4, -0.2) is 17.9 Å². The molecule has 2 amide bonds. The van der Waals surface area contributed by atoms with Crippen LogP contribution in [0.4, 0.5) is 0 Å². The summed E-state index contributed by atoms with van der Waals surface area (Å²) >= 11 is 0. The minimum Gasteiger partial charge on any atom is -0.467 e. The van der Waals surface area contributed by atoms with Gasteiger partial charge in [-0.3, -0.25) is 9.59 Å². The summed E-state index contributed by atoms with van der Waals surface area (Å²) in [4.78, 5) is 23.4. The van der Waals surface area contributed by atoms with E-state index in [1.807, 2.05) is 0 Å². The van der Waals surface area contributed by atoms with Gasteiger partial charge in [0.25, 0.3) is 5.91 Å². The van der Waals surface area contributed by atoms with Crippen molar-refractivity contribution in [3.05, 3.63) is 48.3 Å². The Balaban J connectivity index is 1.80. The van der Waals surface area contributed by atoms with Gasteiger partial charge in [-0.1, -0.05) is 0 Å². The SMILES string of the molecule is CC(NC(=O)c1ccco1)C(=O)NCc1ccco1. The first-order chi connectivity index (χ1) is 9.16. The summed E-state index contributed by atoms with van der Waals surface area (Å²) in [7, 11) is 0. The van der Waals surface area contributed by atoms with Crippen LogP contribution in [-0.2, 0) is 11.3 Å². The van der Waals surface area contributed by atoms with Gasteiger partial charge < -0.3 is 19.5 Å². The molecule has 2 heterocycles. The van der Waals surface area contributed by atoms with Crippen molar-refractivity contribution >= 4 is 11.8 Å². The third kappa shape index (κ3) is 3.48. The van der Waals surface area contributed by atoms with E-state index >= 15 is 0 Å². The van der Waals surface area contributed by atoms with Crippen molar-refractivity contribution < 1.29 is 18.4 Å². The summed E-state index contributed by atoms with van der Waals surface area (Å²) in [6.45, 7) is 1.88. The Bertz CT molecular complexity index is 531. The minimum atomic E-state index is -0.660. The Morgan fingerprint density at radius 2 is 1.95 bits per heavy atom. The van der Waals surface area contributed by atoms with E-state index in [4.69, 9.17) is 8.83 Å². The van der Waals surface area contributed by atoms with Crippen molar-refractivity contribution in [2.24, 2.45) is 0 Å². The number of carbonyl (C=O) groups is 2. The number of furan rings is 2. The molecule has 2 N–H and O–H groups in total. The molecule has 0 radical (unpaired) electrons. The van der Waals surface area contributed by atoms with Crippen LogP contribution < -0.4 is 10.6 Å². The Morgan fingerprint density at radius 1 is 1.21 bits per heavy atom. The van der Waals surface area contributed by atoms with E-state index in [-0.39, 0.29) is 18.2 Å². The van der Waals surface area contributed by atoms with E-state index in [0.717, 1.165) is 0 Å². The number of hydrogen-bond donors (Lipinski definition) is 2. The molecule has 2 aromatic heterocycles. The lowest BCUT2D eigenvalue weighted by atomic mass is 10.3. The maximum Gasteiger partial charge on any atom is 0.287 e. The Kier molecular flexibility index (Phi) is 4.02. The number of rotatable bonds is 5. The zero-order valence-electron chi connectivity index (χ0n) is 10.4. The molecule has 6 heteroatoms. The van der Waals surface area contributed by atoms with E-state index in [1.54, 1.807) is 25.1 Å². The van der Waals surface area contributed by atoms with Gasteiger partial charge in [0, 0.05) is 0 Å². The largest absolute Gasteiger partial charge is 0.467 e. The molecule has 0 aliphatic rings. The van der Waals surface area contributed by atoms with Crippen molar-refractivity contribution in [3.8, 4) is 0 Å². The molecule has 2 aromatic rings. The molecule has 1 atom stereocenters. The highest BCUT2D eigenvalue weighted by Crippen LogP contribution is 2.01. The summed E-state index contributed by atoms with van der Waals surface area (Å²) in [5, 5.41) is 5.19. The van der Waals surface area contributed by atoms with Gasteiger partial charge in [-0.2, -0.15) is 0 Å². The van der Waals surface area contributed by atoms with Gasteiger partial charge in [-0.15, -0.1) is 0 Å². The number of carbonyl (C=O) groups excluding carboxylic acids is 2. The van der Waals surface area contributed by atoms with Crippen LogP contribution in [0.5, 0.6) is 0 Å². The van der Waals surface area contributed by atoms with Crippen LogP contribution >= 0.6 is 0 Å². The third-order valence-electron chi connectivity index (χ3n) is 2.50. The van der Waals surface area contributed by atoms with Crippen molar-refractivity contribution in [1.29, 1.82) is 0 Å². The first-order valence-corrected chi connectivity index (χ1v) is 5.81. The van der Waals surface area contributed by atoms with Crippen molar-refractivity contribution in [1.82, 2.24) is 10.6 Å². The summed E-state index contributed by atoms with van der Waals surface area (Å²) in [6.07, 6.45) is 2.93. The smallest absolute Gasteiger partial charge is 0.287 e. The zero-order chi connectivity index (χ0) is 13.7. The molecule has 0 aliphatic carbocycles. The molecule has 0 spiro atoms. The second kappa shape index (κ2) is 5.90. The fourth-order valence-corrected chi connectivity index (χ4v) is 1.48. The average molecular weight is 262 g/mol. The van der Waals surface area contributed by atoms with Gasteiger partial charge in [0.1, 0.15) is 11.8 Å². The van der Waals surface area contributed by atoms with Gasteiger partial charge >= 0.3 is 0 Å². The monoisotopic (exact) mass is 262 g/mol. The van der Waals surface area contributed by atoms with E-state index in [1.165, 1.54) is 18.6 Å². The molecule has 0 aromatic carbocycles. The molecule has 100 valence electrons. The topological polar surface area (TPSA) is 84.5 Å². The molecular formula is C13H14N2O4. The first-order valence-electron chi connectivity index (χ1n) is 5.81. The zero-order valence-corrected chi connectivity index (χ0v) is 10.4. The van der Waals surface area contributed by atoms with Crippen LogP contribution in [0.25, 0.3) is 0 Å². The number of hydrogen-bond acceptors (Lipinski definition) is 4. The van der Waals surface area contributed by atoms with E-state index in [9.17, 15) is 9.59 Å². The lowest BCUT2D eigenvalue weighted by Crippen LogP contribution is -2.44. The maximum atomic E-state index is 11.7. The average Bonchev–Trinajstić information content (AvgIpc) is 3.08. The second-order valence-electron chi connectivity index (χ2n) is 3.97. The molecule has 0 saturated carbocycles. The molecular weight excluding hydrogens is 248 g/mol. The predicted octanol–water partition coefficient (Wildman–Crippen LogP) is 1.31. The van der Waals surface area contributed by atoms with E-state index in [0.29, 0.717) is 5.76 Å². The molecule has 0 fully saturated rings. The quantitative estimate of drug-likeness (QED) is 0.850. The van der Waals surface area contributed by atoms with Gasteiger partial charge in [0.15, 0.2) is 5.76 Å². The Labute approximate surface area is 109 Å². The molecule has 2 rings (SSSR count). The van der Waals surface area contributed by atoms with Crippen LogP contribution in [0.15, 0.2) is 45.6 Å². The van der Waals surface area contributed by atoms with Crippen molar-refractivity contribution in [3.63, 3.8) is 0 Å². The third-order valence-corrected chi connectivity index (χ3v) is 2.50. The second-order valence-corrected chi connectivity index (χ2v) is 3.97. The van der Waals surface area contributed by atoms with Gasteiger partial charge in [-0.05, 0) is 31.2 Å². The summed E-state index contributed by atoms with van der Waals surface area (Å²) in [5.41, 5.74) is 0. The highest BCUT2D eigenvalue weighted by atomic mass is 16.3. The fourth-order valence-electron chi connectivity index (χ4n) is 1.48. The Morgan fingerprint density at radius 3 is 2.58 bits per heavy atom. The standard InChI is InChI=1S/C13H14N2O4/c1-9(15-13(17)11-5-3-7-19-11)12(16)14-8-10-4-2-6-18-10/h2-7,9H,8H2,1H3,(H,14,16)(H,15,17).